The van der Waals surface area contributed by atoms with E-state index in [0.717, 1.165) is 43.9 Å². The number of piperazine rings is 1. The fraction of sp³-hybridized carbons (Fsp3) is 0.522. The number of anilines is 1. The molecule has 2 aromatic rings. The van der Waals surface area contributed by atoms with Crippen molar-refractivity contribution in [3.8, 4) is 22.8 Å². The third-order valence-corrected chi connectivity index (χ3v) is 6.24. The average molecular weight is 492 g/mol. The molecule has 34 heavy (non-hydrogen) atoms. The Hall–Kier alpha value is -2.73. The summed E-state index contributed by atoms with van der Waals surface area (Å²) >= 11 is 1.37. The molecule has 0 spiro atoms. The van der Waals surface area contributed by atoms with E-state index in [2.05, 4.69) is 25.4 Å². The highest BCUT2D eigenvalue weighted by Gasteiger charge is 2.21. The molecule has 1 saturated heterocycles. The van der Waals surface area contributed by atoms with E-state index in [1.54, 1.807) is 27.4 Å². The molecule has 1 fully saturated rings. The Balaban J connectivity index is 1.42. The lowest BCUT2D eigenvalue weighted by Crippen LogP contribution is -2.51. The number of amides is 2. The molecule has 0 bridgehead atoms. The van der Waals surface area contributed by atoms with E-state index < -0.39 is 0 Å². The minimum atomic E-state index is -0.105. The number of hydrogen-bond acceptors (Lipinski definition) is 9. The molecule has 0 radical (unpaired) electrons. The Morgan fingerprint density at radius 1 is 1.03 bits per heavy atom. The van der Waals surface area contributed by atoms with E-state index in [9.17, 15) is 9.59 Å². The summed E-state index contributed by atoms with van der Waals surface area (Å²) in [6.45, 7) is 4.89. The van der Waals surface area contributed by atoms with Gasteiger partial charge in [-0.15, -0.1) is 11.3 Å². The zero-order chi connectivity index (χ0) is 24.3. The molecule has 1 aromatic heterocycles. The van der Waals surface area contributed by atoms with Crippen molar-refractivity contribution in [2.75, 3.05) is 79.1 Å². The first kappa shape index (κ1) is 25.9. The number of nitrogens with one attached hydrogen (secondary N) is 2. The molecule has 10 nitrogen and oxygen atoms in total. The van der Waals surface area contributed by atoms with Gasteiger partial charge < -0.3 is 24.8 Å². The Morgan fingerprint density at radius 2 is 1.74 bits per heavy atom. The van der Waals surface area contributed by atoms with Crippen LogP contribution < -0.4 is 20.1 Å². The Kier molecular flexibility index (Phi) is 10.1. The van der Waals surface area contributed by atoms with Gasteiger partial charge in [-0.05, 0) is 18.6 Å². The molecule has 2 heterocycles. The molecule has 1 aliphatic heterocycles. The second kappa shape index (κ2) is 13.2. The summed E-state index contributed by atoms with van der Waals surface area (Å²) in [6.07, 6.45) is 0.805. The monoisotopic (exact) mass is 491 g/mol. The molecule has 0 saturated carbocycles. The predicted octanol–water partition coefficient (Wildman–Crippen LogP) is 1.54. The van der Waals surface area contributed by atoms with Gasteiger partial charge in [0.05, 0.1) is 33.0 Å². The third kappa shape index (κ3) is 7.66. The number of nitrogens with zero attached hydrogens (tertiary/aromatic N) is 3. The molecule has 0 atom stereocenters. The van der Waals surface area contributed by atoms with Gasteiger partial charge in [-0.1, -0.05) is 0 Å². The number of aromatic nitrogens is 1. The minimum Gasteiger partial charge on any atom is -0.497 e. The van der Waals surface area contributed by atoms with Crippen molar-refractivity contribution in [1.82, 2.24) is 20.1 Å². The molecule has 1 aliphatic rings. The molecular formula is C23H33N5O5S. The lowest BCUT2D eigenvalue weighted by Gasteiger charge is -2.33. The zero-order valence-corrected chi connectivity index (χ0v) is 20.8. The molecular weight excluding hydrogens is 458 g/mol. The average Bonchev–Trinajstić information content (AvgIpc) is 3.30. The number of benzene rings is 1. The van der Waals surface area contributed by atoms with Crippen molar-refractivity contribution in [3.05, 3.63) is 23.6 Å². The van der Waals surface area contributed by atoms with E-state index in [-0.39, 0.29) is 18.4 Å². The topological polar surface area (TPSA) is 105 Å². The number of ether oxygens (including phenoxy) is 3. The second-order valence-electron chi connectivity index (χ2n) is 7.90. The molecule has 3 rings (SSSR count). The predicted molar refractivity (Wildman–Crippen MR) is 132 cm³/mol. The lowest BCUT2D eigenvalue weighted by molar-refractivity contribution is -0.123. The van der Waals surface area contributed by atoms with Gasteiger partial charge in [0.25, 0.3) is 0 Å². The van der Waals surface area contributed by atoms with Crippen LogP contribution in [0.15, 0.2) is 23.6 Å². The van der Waals surface area contributed by atoms with Gasteiger partial charge in [0.1, 0.15) is 11.5 Å². The molecule has 2 N–H and O–H groups in total. The molecule has 11 heteroatoms. The van der Waals surface area contributed by atoms with Crippen LogP contribution in [0.5, 0.6) is 11.5 Å². The van der Waals surface area contributed by atoms with Crippen LogP contribution in [0.25, 0.3) is 11.3 Å². The first-order chi connectivity index (χ1) is 16.5. The van der Waals surface area contributed by atoms with Crippen LogP contribution >= 0.6 is 11.3 Å². The summed E-state index contributed by atoms with van der Waals surface area (Å²) < 4.78 is 15.7. The molecule has 0 unspecified atom stereocenters. The van der Waals surface area contributed by atoms with E-state index in [1.807, 2.05) is 17.5 Å². The zero-order valence-electron chi connectivity index (χ0n) is 20.0. The summed E-state index contributed by atoms with van der Waals surface area (Å²) in [5, 5.41) is 8.22. The molecule has 0 aliphatic carbocycles. The Bertz CT molecular complexity index is 946. The maximum absolute atomic E-state index is 12.5. The maximum Gasteiger partial charge on any atom is 0.240 e. The standard InChI is InChI=1S/C23H33N5O5S/c1-31-12-4-7-24-21(29)14-27-8-10-28(11-9-27)15-22(30)26-23-25-19(16-34-23)18-6-5-17(32-2)13-20(18)33-3/h5-6,13,16H,4,7-12,14-15H2,1-3H3,(H,24,29)(H,25,26,30). The SMILES string of the molecule is COCCCNC(=O)CN1CCN(CC(=O)Nc2nc(-c3ccc(OC)cc3OC)cs2)CC1. The summed E-state index contributed by atoms with van der Waals surface area (Å²) in [5.74, 6) is 1.28. The number of carbonyl (C=O) groups is 2. The number of hydrogen-bond donors (Lipinski definition) is 2. The van der Waals surface area contributed by atoms with Crippen LogP contribution in [-0.4, -0.2) is 100 Å². The normalized spacial score (nSPS) is 14.6. The highest BCUT2D eigenvalue weighted by molar-refractivity contribution is 7.14. The van der Waals surface area contributed by atoms with Gasteiger partial charge in [0.2, 0.25) is 11.8 Å². The van der Waals surface area contributed by atoms with Crippen molar-refractivity contribution in [3.63, 3.8) is 0 Å². The van der Waals surface area contributed by atoms with Crippen LogP contribution in [0.3, 0.4) is 0 Å². The summed E-state index contributed by atoms with van der Waals surface area (Å²) in [6, 6.07) is 5.54. The van der Waals surface area contributed by atoms with Crippen molar-refractivity contribution >= 4 is 28.3 Å². The highest BCUT2D eigenvalue weighted by Crippen LogP contribution is 2.34. The largest absolute Gasteiger partial charge is 0.497 e. The second-order valence-corrected chi connectivity index (χ2v) is 8.76. The van der Waals surface area contributed by atoms with Crippen LogP contribution in [0, 0.1) is 0 Å². The van der Waals surface area contributed by atoms with Gasteiger partial charge in [-0.2, -0.15) is 0 Å². The van der Waals surface area contributed by atoms with Crippen molar-refractivity contribution in [1.29, 1.82) is 0 Å². The summed E-state index contributed by atoms with van der Waals surface area (Å²) in [5.41, 5.74) is 1.56. The lowest BCUT2D eigenvalue weighted by atomic mass is 10.1. The maximum atomic E-state index is 12.5. The highest BCUT2D eigenvalue weighted by atomic mass is 32.1. The van der Waals surface area contributed by atoms with E-state index >= 15 is 0 Å². The third-order valence-electron chi connectivity index (χ3n) is 5.48. The van der Waals surface area contributed by atoms with Crippen LogP contribution in [-0.2, 0) is 14.3 Å². The van der Waals surface area contributed by atoms with Crippen molar-refractivity contribution in [2.24, 2.45) is 0 Å². The van der Waals surface area contributed by atoms with Crippen LogP contribution in [0.2, 0.25) is 0 Å². The summed E-state index contributed by atoms with van der Waals surface area (Å²) in [4.78, 5) is 33.3. The van der Waals surface area contributed by atoms with Crippen molar-refractivity contribution in [2.45, 2.75) is 6.42 Å². The number of methoxy groups -OCH3 is 3. The minimum absolute atomic E-state index is 0.0235. The Labute approximate surface area is 204 Å². The van der Waals surface area contributed by atoms with Crippen LogP contribution in [0.1, 0.15) is 6.42 Å². The molecule has 2 amide bonds. The number of thiazole rings is 1. The van der Waals surface area contributed by atoms with E-state index in [0.29, 0.717) is 36.3 Å². The quantitative estimate of drug-likeness (QED) is 0.431. The van der Waals surface area contributed by atoms with Gasteiger partial charge in [0, 0.05) is 63.5 Å². The smallest absolute Gasteiger partial charge is 0.240 e. The summed E-state index contributed by atoms with van der Waals surface area (Å²) in [7, 11) is 4.85. The Morgan fingerprint density at radius 3 is 2.38 bits per heavy atom. The van der Waals surface area contributed by atoms with Gasteiger partial charge in [-0.25, -0.2) is 4.98 Å². The molecule has 1 aromatic carbocycles. The fourth-order valence-corrected chi connectivity index (χ4v) is 4.36. The number of carbonyl (C=O) groups excluding carboxylic acids is 2. The van der Waals surface area contributed by atoms with E-state index in [4.69, 9.17) is 14.2 Å². The van der Waals surface area contributed by atoms with Gasteiger partial charge in [-0.3, -0.25) is 19.4 Å². The van der Waals surface area contributed by atoms with E-state index in [1.165, 1.54) is 11.3 Å². The first-order valence-electron chi connectivity index (χ1n) is 11.2. The fourth-order valence-electron chi connectivity index (χ4n) is 3.64. The van der Waals surface area contributed by atoms with Crippen molar-refractivity contribution < 1.29 is 23.8 Å². The van der Waals surface area contributed by atoms with Crippen LogP contribution in [0.4, 0.5) is 5.13 Å². The molecule has 186 valence electrons. The van der Waals surface area contributed by atoms with Gasteiger partial charge >= 0.3 is 0 Å². The first-order valence-corrected chi connectivity index (χ1v) is 12.1. The van der Waals surface area contributed by atoms with Gasteiger partial charge in [0.15, 0.2) is 5.13 Å². The number of rotatable bonds is 12.